The molecule has 0 aliphatic rings. The molecule has 40 heavy (non-hydrogen) atoms. The molecule has 5 N–H and O–H groups in total. The second-order valence-corrected chi connectivity index (χ2v) is 9.34. The van der Waals surface area contributed by atoms with Crippen LogP contribution in [-0.4, -0.2) is 81.8 Å². The van der Waals surface area contributed by atoms with Crippen LogP contribution >= 0.6 is 0 Å². The summed E-state index contributed by atoms with van der Waals surface area (Å²) in [4.78, 5) is 64.5. The molecule has 0 aliphatic heterocycles. The molecule has 0 unspecified atom stereocenters. The maximum absolute atomic E-state index is 13.2. The van der Waals surface area contributed by atoms with Gasteiger partial charge >= 0.3 is 25.0 Å². The Balaban J connectivity index is 2.25. The van der Waals surface area contributed by atoms with E-state index in [0.29, 0.717) is 5.69 Å². The summed E-state index contributed by atoms with van der Waals surface area (Å²) in [5.74, 6) is -7.00. The number of nitrogens with zero attached hydrogens (tertiary/aromatic N) is 1. The molecule has 0 bridgehead atoms. The van der Waals surface area contributed by atoms with E-state index < -0.39 is 68.0 Å². The average Bonchev–Trinajstić information content (AvgIpc) is 2.88. The maximum Gasteiger partial charge on any atom is 0.551 e. The second-order valence-electron chi connectivity index (χ2n) is 9.34. The van der Waals surface area contributed by atoms with Crippen molar-refractivity contribution >= 4 is 36.8 Å². The number of rotatable bonds is 15. The van der Waals surface area contributed by atoms with Gasteiger partial charge in [-0.25, -0.2) is 9.78 Å². The number of aliphatic hydroxyl groups is 1. The average molecular weight is 557 g/mol. The fraction of sp³-hybridized carbons (Fsp3) is 0.385. The zero-order valence-corrected chi connectivity index (χ0v) is 22.3. The quantitative estimate of drug-likeness (QED) is 0.154. The van der Waals surface area contributed by atoms with Crippen molar-refractivity contribution in [2.24, 2.45) is 5.92 Å². The number of pyridine rings is 1. The Morgan fingerprint density at radius 3 is 2.17 bits per heavy atom. The van der Waals surface area contributed by atoms with Gasteiger partial charge in [0.25, 0.3) is 5.91 Å². The normalized spacial score (nSPS) is 13.0. The van der Waals surface area contributed by atoms with Gasteiger partial charge in [-0.1, -0.05) is 50.2 Å². The van der Waals surface area contributed by atoms with Crippen molar-refractivity contribution in [2.75, 3.05) is 6.61 Å². The first-order valence-electron chi connectivity index (χ1n) is 12.4. The number of amides is 2. The fourth-order valence-corrected chi connectivity index (χ4v) is 3.65. The molecule has 0 spiro atoms. The van der Waals surface area contributed by atoms with Crippen LogP contribution in [0.25, 0.3) is 11.3 Å². The number of carboxylic acids is 2. The van der Waals surface area contributed by atoms with Gasteiger partial charge in [-0.2, -0.15) is 0 Å². The van der Waals surface area contributed by atoms with Crippen LogP contribution in [-0.2, 0) is 28.5 Å². The lowest BCUT2D eigenvalue weighted by Gasteiger charge is -2.28. The first-order valence-corrected chi connectivity index (χ1v) is 12.4. The predicted octanol–water partition coefficient (Wildman–Crippen LogP) is 0.905. The number of hydrogen-bond acceptors (Lipinski definition) is 9. The molecule has 2 rings (SSSR count). The molecule has 0 saturated heterocycles. The SMILES string of the molecule is CC(C)C[C@H](NC(=O)[C@@H](NC(=O)c1cccc(-c2ccccc2)n1)[C@@H](C)O)B(OCC(=O)O)OC(=O)CC(=O)O. The molecule has 2 aromatic rings. The third-order valence-electron chi connectivity index (χ3n) is 5.40. The third-order valence-corrected chi connectivity index (χ3v) is 5.40. The molecule has 13 nitrogen and oxygen atoms in total. The topological polar surface area (TPSA) is 201 Å². The van der Waals surface area contributed by atoms with E-state index in [1.807, 2.05) is 30.3 Å². The Hall–Kier alpha value is -4.30. The van der Waals surface area contributed by atoms with Gasteiger partial charge in [-0.05, 0) is 31.4 Å². The van der Waals surface area contributed by atoms with Crippen molar-refractivity contribution in [3.8, 4) is 11.3 Å². The molecular formula is C26H32BN3O10. The van der Waals surface area contributed by atoms with Crippen LogP contribution in [0.4, 0.5) is 0 Å². The van der Waals surface area contributed by atoms with E-state index >= 15 is 0 Å². The highest BCUT2D eigenvalue weighted by atomic mass is 16.6. The summed E-state index contributed by atoms with van der Waals surface area (Å²) in [7, 11) is -1.66. The van der Waals surface area contributed by atoms with Crippen molar-refractivity contribution in [3.05, 3.63) is 54.2 Å². The molecule has 0 fully saturated rings. The van der Waals surface area contributed by atoms with E-state index in [1.54, 1.807) is 26.0 Å². The molecule has 1 heterocycles. The highest BCUT2D eigenvalue weighted by Gasteiger charge is 2.39. The second kappa shape index (κ2) is 15.3. The van der Waals surface area contributed by atoms with Crippen LogP contribution in [0.2, 0.25) is 0 Å². The number of carboxylic acid groups (broad SMARTS) is 2. The molecule has 3 atom stereocenters. The van der Waals surface area contributed by atoms with Crippen molar-refractivity contribution < 1.29 is 48.6 Å². The summed E-state index contributed by atoms with van der Waals surface area (Å²) in [5.41, 5.74) is 1.28. The van der Waals surface area contributed by atoms with Crippen LogP contribution in [0.15, 0.2) is 48.5 Å². The van der Waals surface area contributed by atoms with Gasteiger partial charge in [-0.15, -0.1) is 0 Å². The number of nitrogens with one attached hydrogen (secondary N) is 2. The number of carbonyl (C=O) groups excluding carboxylic acids is 3. The van der Waals surface area contributed by atoms with Crippen LogP contribution in [0, 0.1) is 5.92 Å². The summed E-state index contributed by atoms with van der Waals surface area (Å²) >= 11 is 0. The van der Waals surface area contributed by atoms with E-state index in [1.165, 1.54) is 13.0 Å². The highest BCUT2D eigenvalue weighted by Crippen LogP contribution is 2.17. The number of hydrogen-bond donors (Lipinski definition) is 5. The van der Waals surface area contributed by atoms with Crippen molar-refractivity contribution in [2.45, 2.75) is 51.7 Å². The van der Waals surface area contributed by atoms with E-state index in [-0.39, 0.29) is 18.0 Å². The third kappa shape index (κ3) is 10.5. The van der Waals surface area contributed by atoms with Gasteiger partial charge in [-0.3, -0.25) is 19.2 Å². The molecule has 0 radical (unpaired) electrons. The number of aliphatic carboxylic acids is 2. The summed E-state index contributed by atoms with van der Waals surface area (Å²) in [5, 5.41) is 33.2. The first kappa shape index (κ1) is 31.9. The van der Waals surface area contributed by atoms with Crippen LogP contribution < -0.4 is 10.6 Å². The fourth-order valence-electron chi connectivity index (χ4n) is 3.65. The van der Waals surface area contributed by atoms with E-state index in [2.05, 4.69) is 15.6 Å². The molecule has 0 aliphatic carbocycles. The zero-order valence-electron chi connectivity index (χ0n) is 22.3. The summed E-state index contributed by atoms with van der Waals surface area (Å²) in [6.45, 7) is 3.91. The van der Waals surface area contributed by atoms with Crippen molar-refractivity contribution in [3.63, 3.8) is 0 Å². The van der Waals surface area contributed by atoms with Gasteiger partial charge < -0.3 is 35.3 Å². The number of aliphatic hydroxyl groups excluding tert-OH is 1. The van der Waals surface area contributed by atoms with E-state index in [4.69, 9.17) is 19.5 Å². The minimum Gasteiger partial charge on any atom is -0.508 e. The van der Waals surface area contributed by atoms with Crippen molar-refractivity contribution in [1.29, 1.82) is 0 Å². The number of carbonyl (C=O) groups is 5. The first-order chi connectivity index (χ1) is 18.9. The van der Waals surface area contributed by atoms with Crippen LogP contribution in [0.3, 0.4) is 0 Å². The Morgan fingerprint density at radius 2 is 1.60 bits per heavy atom. The minimum atomic E-state index is -1.66. The standard InChI is InChI=1S/C26H32BN3O10/c1-15(2)12-20(27(39-14-22(34)35)40-23(36)13-21(32)33)29-26(38)24(16(3)31)30-25(37)19-11-7-10-18(28-19)17-8-5-4-6-9-17/h4-11,15-16,20,24,31H,12-14H2,1-3H3,(H,29,38)(H,30,37)(H,32,33)(H,34,35)/t16-,20+,24+/m1/s1. The Kier molecular flexibility index (Phi) is 12.2. The molecule has 214 valence electrons. The summed E-state index contributed by atoms with van der Waals surface area (Å²) in [6.07, 6.45) is -2.29. The number of aromatic nitrogens is 1. The van der Waals surface area contributed by atoms with Gasteiger partial charge in [0.15, 0.2) is 0 Å². The molecule has 1 aromatic heterocycles. The lowest BCUT2D eigenvalue weighted by molar-refractivity contribution is -0.148. The Morgan fingerprint density at radius 1 is 0.925 bits per heavy atom. The molecule has 2 amide bonds. The lowest BCUT2D eigenvalue weighted by atomic mass is 9.73. The van der Waals surface area contributed by atoms with Crippen LogP contribution in [0.5, 0.6) is 0 Å². The molecule has 1 aromatic carbocycles. The van der Waals surface area contributed by atoms with Gasteiger partial charge in [0, 0.05) is 5.56 Å². The maximum atomic E-state index is 13.2. The Labute approximate surface area is 231 Å². The van der Waals surface area contributed by atoms with E-state index in [9.17, 15) is 29.1 Å². The minimum absolute atomic E-state index is 0.0104. The lowest BCUT2D eigenvalue weighted by Crippen LogP contribution is -2.59. The molecule has 14 heteroatoms. The molecule has 0 saturated carbocycles. The monoisotopic (exact) mass is 557 g/mol. The predicted molar refractivity (Wildman–Crippen MR) is 142 cm³/mol. The summed E-state index contributed by atoms with van der Waals surface area (Å²) < 4.78 is 10.2. The van der Waals surface area contributed by atoms with Gasteiger partial charge in [0.1, 0.15) is 24.8 Å². The van der Waals surface area contributed by atoms with Gasteiger partial charge in [0.05, 0.1) is 17.7 Å². The summed E-state index contributed by atoms with van der Waals surface area (Å²) in [6, 6.07) is 12.4. The smallest absolute Gasteiger partial charge is 0.508 e. The Bertz CT molecular complexity index is 1190. The zero-order chi connectivity index (χ0) is 29.8. The van der Waals surface area contributed by atoms with E-state index in [0.717, 1.165) is 5.56 Å². The number of benzene rings is 1. The van der Waals surface area contributed by atoms with Gasteiger partial charge in [0.2, 0.25) is 5.91 Å². The van der Waals surface area contributed by atoms with Crippen LogP contribution in [0.1, 0.15) is 44.1 Å². The largest absolute Gasteiger partial charge is 0.551 e. The highest BCUT2D eigenvalue weighted by molar-refractivity contribution is 6.49. The van der Waals surface area contributed by atoms with Crippen molar-refractivity contribution in [1.82, 2.24) is 15.6 Å². The molecular weight excluding hydrogens is 525 g/mol.